The van der Waals surface area contributed by atoms with Gasteiger partial charge in [-0.05, 0) is 127 Å². The molecule has 4 heterocycles. The zero-order valence-corrected chi connectivity index (χ0v) is 62.9. The summed E-state index contributed by atoms with van der Waals surface area (Å²) in [5, 5.41) is 12.9. The van der Waals surface area contributed by atoms with Crippen LogP contribution in [0.2, 0.25) is 10.0 Å². The molecule has 2 aromatic carbocycles. The second-order valence-electron chi connectivity index (χ2n) is 30.9. The predicted octanol–water partition coefficient (Wildman–Crippen LogP) is 7.71. The third kappa shape index (κ3) is 17.9. The largest absolute Gasteiger partial charge is 0.494 e. The smallest absolute Gasteiger partial charge is 0.408 e. The van der Waals surface area contributed by atoms with Crippen molar-refractivity contribution in [3.05, 3.63) is 84.1 Å². The van der Waals surface area contributed by atoms with E-state index in [0.717, 1.165) is 0 Å². The summed E-state index contributed by atoms with van der Waals surface area (Å²) in [7, 11) is -4.80. The van der Waals surface area contributed by atoms with Crippen LogP contribution < -0.4 is 49.7 Å². The standard InChI is InChI=1S/2C35H46ClN5O9S/c2*1-9-19-16-35(19,31(44)40-51(46,47)22-11-12-22)39-28(42)25-15-21(49-29-24-14-20(36)10-13-23(24)26(48-8)17-37-29)18-41(25)30(43)27(33(2,3)4)38-32(45)50-34(5,6)7/h2*9-10,13-14,17,19,21-22,25,27H,1,11-12,15-16,18H2,2-8H3,(H,38,45)(H,39,42)(H,40,44)/t2*19-,21-,25+,27-,35-/m11/s1. The molecule has 556 valence electrons. The van der Waals surface area contributed by atoms with Gasteiger partial charge in [-0.15, -0.1) is 13.2 Å². The van der Waals surface area contributed by atoms with Crippen molar-refractivity contribution in [2.24, 2.45) is 22.7 Å². The van der Waals surface area contributed by atoms with E-state index in [1.54, 1.807) is 119 Å². The van der Waals surface area contributed by atoms with E-state index in [0.29, 0.717) is 68.8 Å². The summed E-state index contributed by atoms with van der Waals surface area (Å²) in [6.07, 6.45) is 4.80. The van der Waals surface area contributed by atoms with E-state index < -0.39 is 159 Å². The molecule has 6 aliphatic rings. The molecule has 10 rings (SSSR count). The Balaban J connectivity index is 0.000000237. The number of aromatic nitrogens is 2. The number of amides is 8. The van der Waals surface area contributed by atoms with Gasteiger partial charge in [0, 0.05) is 56.3 Å². The lowest BCUT2D eigenvalue weighted by Gasteiger charge is -2.36. The molecule has 0 bridgehead atoms. The van der Waals surface area contributed by atoms with E-state index in [-0.39, 0.29) is 50.5 Å². The number of carbonyl (C=O) groups is 8. The highest BCUT2D eigenvalue weighted by Gasteiger charge is 2.64. The lowest BCUT2D eigenvalue weighted by atomic mass is 9.85. The number of benzene rings is 2. The molecule has 32 heteroatoms. The third-order valence-electron chi connectivity index (χ3n) is 18.3. The van der Waals surface area contributed by atoms with Crippen LogP contribution in [0.25, 0.3) is 21.5 Å². The van der Waals surface area contributed by atoms with Crippen LogP contribution in [0, 0.1) is 22.7 Å². The van der Waals surface area contributed by atoms with Gasteiger partial charge in [-0.2, -0.15) is 0 Å². The van der Waals surface area contributed by atoms with E-state index in [1.807, 2.05) is 0 Å². The summed E-state index contributed by atoms with van der Waals surface area (Å²) in [5.41, 5.74) is -6.48. The Morgan fingerprint density at radius 1 is 0.559 bits per heavy atom. The van der Waals surface area contributed by atoms with Crippen molar-refractivity contribution in [2.75, 3.05) is 27.3 Å². The highest BCUT2D eigenvalue weighted by Crippen LogP contribution is 2.48. The average Bonchev–Trinajstić information content (AvgIpc) is 1.58. The molecule has 0 spiro atoms. The van der Waals surface area contributed by atoms with Gasteiger partial charge in [0.15, 0.2) is 0 Å². The Morgan fingerprint density at radius 3 is 1.19 bits per heavy atom. The van der Waals surface area contributed by atoms with Crippen molar-refractivity contribution in [1.82, 2.24) is 50.5 Å². The van der Waals surface area contributed by atoms with E-state index in [4.69, 9.17) is 51.6 Å². The monoisotopic (exact) mass is 1490 g/mol. The van der Waals surface area contributed by atoms with Crippen LogP contribution in [0.4, 0.5) is 9.59 Å². The van der Waals surface area contributed by atoms with E-state index in [9.17, 15) is 55.2 Å². The van der Waals surface area contributed by atoms with Crippen molar-refractivity contribution in [3.8, 4) is 23.3 Å². The molecule has 2 saturated heterocycles. The highest BCUT2D eigenvalue weighted by atomic mass is 35.5. The SMILES string of the molecule is C=C[C@@H]1C[C@]1(NC(=O)[C@@H]1C[C@@H](Oc2ncc(OC)c3ccc(Cl)cc23)CN1C(=O)[C@@H](NC(=O)OC(C)(C)C)C(C)(C)C)C(=O)NS(=O)(=O)C1CC1.C=C[C@@H]1C[C@]1(NC(=O)[C@@H]1C[C@@H](Oc2ncc(OC)c3ccc(Cl)cc23)CN1C(=O)[C@@H](NC(=O)OC(C)(C)C)C(C)(C)C)C(=O)NS(=O)(=O)C1CC1. The zero-order valence-electron chi connectivity index (χ0n) is 59.7. The third-order valence-corrected chi connectivity index (χ3v) is 22.4. The fraction of sp³-hybridized carbons (Fsp3) is 0.571. The van der Waals surface area contributed by atoms with Gasteiger partial charge in [0.2, 0.25) is 55.4 Å². The molecular weight excluding hydrogens is 1400 g/mol. The summed E-state index contributed by atoms with van der Waals surface area (Å²) >= 11 is 12.6. The molecule has 28 nitrogen and oxygen atoms in total. The van der Waals surface area contributed by atoms with E-state index in [2.05, 4.69) is 53.8 Å². The summed E-state index contributed by atoms with van der Waals surface area (Å²) in [6.45, 7) is 28.1. The number of nitrogens with zero attached hydrogens (tertiary/aromatic N) is 4. The van der Waals surface area contributed by atoms with Gasteiger partial charge in [-0.25, -0.2) is 36.4 Å². The fourth-order valence-corrected chi connectivity index (χ4v) is 15.5. The summed E-state index contributed by atoms with van der Waals surface area (Å²) in [6, 6.07) is 5.64. The number of likely N-dealkylation sites (tertiary alicyclic amines) is 2. The fourth-order valence-electron chi connectivity index (χ4n) is 12.4. The van der Waals surface area contributed by atoms with Crippen molar-refractivity contribution in [3.63, 3.8) is 0 Å². The van der Waals surface area contributed by atoms with Crippen LogP contribution in [-0.4, -0.2) is 181 Å². The van der Waals surface area contributed by atoms with Gasteiger partial charge in [0.05, 0.1) is 50.2 Å². The molecule has 0 unspecified atom stereocenters. The number of rotatable bonds is 22. The number of alkyl carbamates (subject to hydrolysis) is 2. The molecule has 4 aromatic rings. The summed E-state index contributed by atoms with van der Waals surface area (Å²) in [5.74, 6) is -3.98. The summed E-state index contributed by atoms with van der Waals surface area (Å²) in [4.78, 5) is 122. The first-order valence-electron chi connectivity index (χ1n) is 33.6. The number of carbonyl (C=O) groups excluding carboxylic acids is 8. The van der Waals surface area contributed by atoms with Crippen LogP contribution >= 0.6 is 23.2 Å². The normalized spacial score (nSPS) is 23.9. The molecule has 6 fully saturated rings. The minimum absolute atomic E-state index is 0.0204. The Bertz CT molecular complexity index is 3970. The number of fused-ring (bicyclic) bond motifs is 2. The Morgan fingerprint density at radius 2 is 0.902 bits per heavy atom. The number of ether oxygens (including phenoxy) is 6. The highest BCUT2D eigenvalue weighted by molar-refractivity contribution is 7.91. The van der Waals surface area contributed by atoms with E-state index in [1.165, 1.54) is 48.6 Å². The van der Waals surface area contributed by atoms with Crippen LogP contribution in [0.5, 0.6) is 23.3 Å². The predicted molar refractivity (Wildman–Crippen MR) is 379 cm³/mol. The maximum atomic E-state index is 14.4. The molecular formula is C70H92Cl2N10O18S2. The number of sulfonamides is 2. The van der Waals surface area contributed by atoms with Crippen LogP contribution in [0.3, 0.4) is 0 Å². The molecule has 4 aliphatic carbocycles. The first kappa shape index (κ1) is 77.9. The molecule has 0 radical (unpaired) electrons. The molecule has 10 atom stereocenters. The van der Waals surface area contributed by atoms with Crippen molar-refractivity contribution in [1.29, 1.82) is 0 Å². The van der Waals surface area contributed by atoms with Gasteiger partial charge in [0.1, 0.15) is 70.2 Å². The van der Waals surface area contributed by atoms with Gasteiger partial charge in [-0.1, -0.05) is 76.9 Å². The molecule has 2 aromatic heterocycles. The summed E-state index contributed by atoms with van der Waals surface area (Å²) < 4.78 is 89.5. The van der Waals surface area contributed by atoms with Gasteiger partial charge < -0.3 is 59.5 Å². The zero-order chi connectivity index (χ0) is 75.4. The van der Waals surface area contributed by atoms with E-state index >= 15 is 0 Å². The van der Waals surface area contributed by atoms with Crippen molar-refractivity contribution >= 4 is 112 Å². The van der Waals surface area contributed by atoms with Gasteiger partial charge >= 0.3 is 12.2 Å². The average molecular weight is 1500 g/mol. The van der Waals surface area contributed by atoms with Gasteiger partial charge in [-0.3, -0.25) is 38.2 Å². The maximum Gasteiger partial charge on any atom is 0.408 e. The minimum atomic E-state index is -3.91. The molecule has 6 N–H and O–H groups in total. The van der Waals surface area contributed by atoms with Crippen LogP contribution in [-0.2, 0) is 58.3 Å². The first-order chi connectivity index (χ1) is 47.4. The Labute approximate surface area is 604 Å². The van der Waals surface area contributed by atoms with Crippen molar-refractivity contribution < 1.29 is 83.6 Å². The quantitative estimate of drug-likeness (QED) is 0.0410. The van der Waals surface area contributed by atoms with Gasteiger partial charge in [0.25, 0.3) is 11.8 Å². The number of hydrogen-bond acceptors (Lipinski definition) is 20. The number of hydrogen-bond donors (Lipinski definition) is 6. The maximum absolute atomic E-state index is 14.4. The number of pyridine rings is 2. The second kappa shape index (κ2) is 29.1. The Kier molecular flexibility index (Phi) is 22.3. The molecule has 8 amide bonds. The number of nitrogens with one attached hydrogen (secondary N) is 6. The van der Waals surface area contributed by atoms with Crippen LogP contribution in [0.1, 0.15) is 134 Å². The molecule has 2 aliphatic heterocycles. The number of halogens is 2. The second-order valence-corrected chi connectivity index (χ2v) is 35.7. The molecule has 102 heavy (non-hydrogen) atoms. The van der Waals surface area contributed by atoms with Crippen molar-refractivity contribution in [2.45, 2.75) is 204 Å². The lowest BCUT2D eigenvalue weighted by Crippen LogP contribution is -2.60. The van der Waals surface area contributed by atoms with Crippen LogP contribution in [0.15, 0.2) is 74.1 Å². The minimum Gasteiger partial charge on any atom is -0.494 e. The molecule has 4 saturated carbocycles. The first-order valence-corrected chi connectivity index (χ1v) is 37.4. The lowest BCUT2D eigenvalue weighted by molar-refractivity contribution is -0.143. The Hall–Kier alpha value is -8.22. The topological polar surface area (TPSA) is 365 Å². The number of methoxy groups -OCH3 is 2.